The van der Waals surface area contributed by atoms with Gasteiger partial charge >= 0.3 is 0 Å². The molecule has 0 radical (unpaired) electrons. The van der Waals surface area contributed by atoms with Gasteiger partial charge in [-0.15, -0.1) is 24.8 Å². The largest absolute Gasteiger partial charge is 0.481 e. The molecule has 0 aromatic carbocycles. The van der Waals surface area contributed by atoms with Gasteiger partial charge in [0.15, 0.2) is 0 Å². The van der Waals surface area contributed by atoms with Crippen LogP contribution in [-0.2, 0) is 4.79 Å². The Labute approximate surface area is 147 Å². The maximum atomic E-state index is 12.3. The van der Waals surface area contributed by atoms with Gasteiger partial charge in [-0.3, -0.25) is 10.1 Å². The van der Waals surface area contributed by atoms with Gasteiger partial charge in [-0.25, -0.2) is 4.98 Å². The molecule has 0 bridgehead atoms. The summed E-state index contributed by atoms with van der Waals surface area (Å²) in [6, 6.07) is 1.56. The quantitative estimate of drug-likeness (QED) is 0.790. The first kappa shape index (κ1) is 19.5. The first-order valence-corrected chi connectivity index (χ1v) is 7.09. The van der Waals surface area contributed by atoms with Crippen LogP contribution in [0.1, 0.15) is 0 Å². The summed E-state index contributed by atoms with van der Waals surface area (Å²) in [5, 5.41) is 3.15. The Balaban J connectivity index is 0.00000132. The highest BCUT2D eigenvalue weighted by Crippen LogP contribution is 2.15. The standard InChI is InChI=1S/C14H19N5O2.2ClH/c1-21-12-4-6-16-14(17-12)19-9-7-18(8-10-19)13(20)11-3-2-5-15-11;;/h2-4,6,11,15H,5,7-10H2,1H3;2*1H. The minimum Gasteiger partial charge on any atom is -0.481 e. The smallest absolute Gasteiger partial charge is 0.243 e. The summed E-state index contributed by atoms with van der Waals surface area (Å²) in [7, 11) is 1.59. The van der Waals surface area contributed by atoms with Crippen molar-refractivity contribution in [3.05, 3.63) is 24.4 Å². The maximum Gasteiger partial charge on any atom is 0.243 e. The van der Waals surface area contributed by atoms with Crippen molar-refractivity contribution in [2.75, 3.05) is 44.7 Å². The van der Waals surface area contributed by atoms with Crippen LogP contribution in [-0.4, -0.2) is 66.7 Å². The van der Waals surface area contributed by atoms with Crippen molar-refractivity contribution in [2.45, 2.75) is 6.04 Å². The number of piperazine rings is 1. The van der Waals surface area contributed by atoms with Gasteiger partial charge in [0, 0.05) is 45.0 Å². The minimum atomic E-state index is -0.162. The number of hydrogen-bond donors (Lipinski definition) is 1. The lowest BCUT2D eigenvalue weighted by molar-refractivity contribution is -0.132. The van der Waals surface area contributed by atoms with Crippen molar-refractivity contribution in [3.8, 4) is 5.88 Å². The number of amides is 1. The van der Waals surface area contributed by atoms with Gasteiger partial charge in [-0.05, 0) is 0 Å². The third-order valence-electron chi connectivity index (χ3n) is 3.75. The van der Waals surface area contributed by atoms with Crippen LogP contribution in [0.15, 0.2) is 24.4 Å². The van der Waals surface area contributed by atoms with E-state index in [1.165, 1.54) is 0 Å². The highest BCUT2D eigenvalue weighted by Gasteiger charge is 2.27. The zero-order valence-electron chi connectivity index (χ0n) is 12.8. The van der Waals surface area contributed by atoms with Crippen LogP contribution >= 0.6 is 24.8 Å². The van der Waals surface area contributed by atoms with Gasteiger partial charge < -0.3 is 14.5 Å². The first-order chi connectivity index (χ1) is 10.3. The number of anilines is 1. The van der Waals surface area contributed by atoms with Crippen LogP contribution < -0.4 is 15.0 Å². The number of nitrogens with zero attached hydrogens (tertiary/aromatic N) is 4. The molecule has 1 fully saturated rings. The molecule has 0 aliphatic carbocycles. The average Bonchev–Trinajstić information content (AvgIpc) is 3.09. The van der Waals surface area contributed by atoms with Gasteiger partial charge in [-0.1, -0.05) is 12.2 Å². The zero-order chi connectivity index (χ0) is 14.7. The number of carbonyl (C=O) groups is 1. The molecule has 2 aliphatic heterocycles. The van der Waals surface area contributed by atoms with Crippen LogP contribution in [0.5, 0.6) is 5.88 Å². The van der Waals surface area contributed by atoms with Gasteiger partial charge in [0.2, 0.25) is 17.7 Å². The number of aromatic nitrogens is 2. The van der Waals surface area contributed by atoms with E-state index in [0.29, 0.717) is 24.9 Å². The first-order valence-electron chi connectivity index (χ1n) is 7.09. The second kappa shape index (κ2) is 8.90. The van der Waals surface area contributed by atoms with Crippen molar-refractivity contribution >= 4 is 36.7 Å². The van der Waals surface area contributed by atoms with E-state index in [4.69, 9.17) is 4.74 Å². The predicted octanol–water partition coefficient (Wildman–Crippen LogP) is 0.505. The molecule has 3 rings (SSSR count). The normalized spacial score (nSPS) is 19.8. The Kier molecular flexibility index (Phi) is 7.54. The number of ether oxygens (including phenoxy) is 1. The molecule has 23 heavy (non-hydrogen) atoms. The monoisotopic (exact) mass is 361 g/mol. The summed E-state index contributed by atoms with van der Waals surface area (Å²) in [5.41, 5.74) is 0. The summed E-state index contributed by atoms with van der Waals surface area (Å²) in [6.07, 6.45) is 5.61. The van der Waals surface area contributed by atoms with Crippen LogP contribution in [0.2, 0.25) is 0 Å². The molecule has 9 heteroatoms. The second-order valence-corrected chi connectivity index (χ2v) is 5.03. The number of halogens is 2. The van der Waals surface area contributed by atoms with Crippen molar-refractivity contribution in [1.29, 1.82) is 0 Å². The molecule has 1 saturated heterocycles. The van der Waals surface area contributed by atoms with Crippen molar-refractivity contribution in [3.63, 3.8) is 0 Å². The molecule has 1 atom stereocenters. The predicted molar refractivity (Wildman–Crippen MR) is 92.8 cm³/mol. The van der Waals surface area contributed by atoms with Gasteiger partial charge in [-0.2, -0.15) is 4.98 Å². The molecule has 1 unspecified atom stereocenters. The van der Waals surface area contributed by atoms with E-state index >= 15 is 0 Å². The van der Waals surface area contributed by atoms with Crippen LogP contribution in [0.4, 0.5) is 5.95 Å². The number of methoxy groups -OCH3 is 1. The molecule has 0 saturated carbocycles. The van der Waals surface area contributed by atoms with Crippen LogP contribution in [0.25, 0.3) is 0 Å². The maximum absolute atomic E-state index is 12.3. The van der Waals surface area contributed by atoms with E-state index in [9.17, 15) is 4.79 Å². The molecule has 0 spiro atoms. The summed E-state index contributed by atoms with van der Waals surface area (Å²) in [5.74, 6) is 1.36. The molecule has 128 valence electrons. The molecule has 1 aromatic heterocycles. The molecule has 1 aromatic rings. The lowest BCUT2D eigenvalue weighted by Crippen LogP contribution is -2.53. The Morgan fingerprint density at radius 1 is 1.30 bits per heavy atom. The zero-order valence-corrected chi connectivity index (χ0v) is 14.5. The molecule has 7 nitrogen and oxygen atoms in total. The Bertz CT molecular complexity index is 550. The fourth-order valence-corrected chi connectivity index (χ4v) is 2.56. The summed E-state index contributed by atoms with van der Waals surface area (Å²) < 4.78 is 5.11. The number of hydrogen-bond acceptors (Lipinski definition) is 6. The minimum absolute atomic E-state index is 0. The molecule has 1 amide bonds. The van der Waals surface area contributed by atoms with Crippen molar-refractivity contribution in [2.24, 2.45) is 0 Å². The van der Waals surface area contributed by atoms with Gasteiger partial charge in [0.05, 0.1) is 7.11 Å². The van der Waals surface area contributed by atoms with Crippen molar-refractivity contribution in [1.82, 2.24) is 20.2 Å². The van der Waals surface area contributed by atoms with E-state index in [0.717, 1.165) is 19.6 Å². The van der Waals surface area contributed by atoms with E-state index in [-0.39, 0.29) is 36.8 Å². The molecule has 2 aliphatic rings. The summed E-state index contributed by atoms with van der Waals surface area (Å²) in [4.78, 5) is 24.8. The highest BCUT2D eigenvalue weighted by atomic mass is 35.5. The molecular weight excluding hydrogens is 341 g/mol. The lowest BCUT2D eigenvalue weighted by Gasteiger charge is -2.35. The SMILES string of the molecule is COc1ccnc(N2CCN(C(=O)C3C=CCN3)CC2)n1.Cl.Cl. The van der Waals surface area contributed by atoms with Gasteiger partial charge in [0.1, 0.15) is 6.04 Å². The Hall–Kier alpha value is -1.57. The average molecular weight is 362 g/mol. The molecule has 3 heterocycles. The Morgan fingerprint density at radius 2 is 2.04 bits per heavy atom. The topological polar surface area (TPSA) is 70.6 Å². The molecule has 1 N–H and O–H groups in total. The van der Waals surface area contributed by atoms with Crippen LogP contribution in [0, 0.1) is 0 Å². The van der Waals surface area contributed by atoms with E-state index in [1.54, 1.807) is 19.4 Å². The van der Waals surface area contributed by atoms with E-state index < -0.39 is 0 Å². The summed E-state index contributed by atoms with van der Waals surface area (Å²) in [6.45, 7) is 3.61. The Morgan fingerprint density at radius 3 is 2.65 bits per heavy atom. The second-order valence-electron chi connectivity index (χ2n) is 5.03. The third kappa shape index (κ3) is 4.46. The number of nitrogens with one attached hydrogen (secondary N) is 1. The number of rotatable bonds is 3. The highest BCUT2D eigenvalue weighted by molar-refractivity contribution is 5.85. The number of carbonyl (C=O) groups excluding carboxylic acids is 1. The van der Waals surface area contributed by atoms with Crippen LogP contribution in [0.3, 0.4) is 0 Å². The fourth-order valence-electron chi connectivity index (χ4n) is 2.56. The van der Waals surface area contributed by atoms with Crippen molar-refractivity contribution < 1.29 is 9.53 Å². The third-order valence-corrected chi connectivity index (χ3v) is 3.75. The van der Waals surface area contributed by atoms with E-state index in [1.807, 2.05) is 17.1 Å². The van der Waals surface area contributed by atoms with Gasteiger partial charge in [0.25, 0.3) is 0 Å². The molecular formula is C14H21Cl2N5O2. The summed E-state index contributed by atoms with van der Waals surface area (Å²) >= 11 is 0. The van der Waals surface area contributed by atoms with E-state index in [2.05, 4.69) is 20.2 Å². The fraction of sp³-hybridized carbons (Fsp3) is 0.500. The lowest BCUT2D eigenvalue weighted by atomic mass is 10.2.